The Balaban J connectivity index is 2.25. The lowest BCUT2D eigenvalue weighted by Gasteiger charge is -2.06. The molecule has 3 nitrogen and oxygen atoms in total. The highest BCUT2D eigenvalue weighted by molar-refractivity contribution is 7.80. The number of unbranched alkanes of at least 4 members (excludes halogenated alkanes) is 3. The van der Waals surface area contributed by atoms with Gasteiger partial charge in [0.25, 0.3) is 0 Å². The summed E-state index contributed by atoms with van der Waals surface area (Å²) in [5, 5.41) is 0. The van der Waals surface area contributed by atoms with Gasteiger partial charge in [0.05, 0.1) is 19.3 Å². The average molecular weight is 268 g/mol. The maximum absolute atomic E-state index is 11.2. The van der Waals surface area contributed by atoms with E-state index in [9.17, 15) is 4.79 Å². The molecule has 0 spiro atoms. The fourth-order valence-corrected chi connectivity index (χ4v) is 1.79. The van der Waals surface area contributed by atoms with Crippen LogP contribution in [-0.2, 0) is 4.74 Å². The highest BCUT2D eigenvalue weighted by Gasteiger charge is 2.04. The van der Waals surface area contributed by atoms with Crippen molar-refractivity contribution in [1.29, 1.82) is 0 Å². The molecule has 0 unspecified atom stereocenters. The minimum atomic E-state index is -0.326. The zero-order valence-corrected chi connectivity index (χ0v) is 11.6. The highest BCUT2D eigenvalue weighted by Crippen LogP contribution is 2.13. The summed E-state index contributed by atoms with van der Waals surface area (Å²) in [6.45, 7) is 0.712. The minimum absolute atomic E-state index is 0.326. The number of hydrogen-bond acceptors (Lipinski definition) is 4. The summed E-state index contributed by atoms with van der Waals surface area (Å²) in [6, 6.07) is 7.00. The van der Waals surface area contributed by atoms with Crippen molar-refractivity contribution in [2.75, 3.05) is 19.5 Å². The maximum atomic E-state index is 11.2. The van der Waals surface area contributed by atoms with Gasteiger partial charge in [-0.15, -0.1) is 0 Å². The number of carbonyl (C=O) groups is 1. The van der Waals surface area contributed by atoms with Gasteiger partial charge in [0.2, 0.25) is 0 Å². The molecule has 0 N–H and O–H groups in total. The summed E-state index contributed by atoms with van der Waals surface area (Å²) in [5.41, 5.74) is 0.540. The molecule has 0 amide bonds. The summed E-state index contributed by atoms with van der Waals surface area (Å²) >= 11 is 4.17. The average Bonchev–Trinajstić information content (AvgIpc) is 2.42. The van der Waals surface area contributed by atoms with Gasteiger partial charge >= 0.3 is 5.97 Å². The molecule has 1 rings (SSSR count). The molecular formula is C14H20O3S. The standard InChI is InChI=1S/C14H20O3S/c1-16-14(15)12-6-8-13(9-7-12)17-10-4-2-3-5-11-18/h6-9,18H,2-5,10-11H2,1H3. The number of hydrogen-bond donors (Lipinski definition) is 1. The first-order valence-corrected chi connectivity index (χ1v) is 6.83. The molecule has 0 aliphatic heterocycles. The molecule has 0 bridgehead atoms. The van der Waals surface area contributed by atoms with Gasteiger partial charge in [0.15, 0.2) is 0 Å². The Bertz CT molecular complexity index is 349. The molecule has 18 heavy (non-hydrogen) atoms. The van der Waals surface area contributed by atoms with Crippen LogP contribution in [0.3, 0.4) is 0 Å². The lowest BCUT2D eigenvalue weighted by Crippen LogP contribution is -2.01. The van der Waals surface area contributed by atoms with Gasteiger partial charge in [-0.05, 0) is 42.9 Å². The molecule has 1 aromatic carbocycles. The third kappa shape index (κ3) is 5.45. The topological polar surface area (TPSA) is 35.5 Å². The third-order valence-corrected chi connectivity index (χ3v) is 2.91. The van der Waals surface area contributed by atoms with E-state index < -0.39 is 0 Å². The van der Waals surface area contributed by atoms with Gasteiger partial charge in [-0.2, -0.15) is 12.6 Å². The molecular weight excluding hydrogens is 248 g/mol. The second-order valence-electron chi connectivity index (χ2n) is 4.00. The maximum Gasteiger partial charge on any atom is 0.337 e. The number of carbonyl (C=O) groups excluding carboxylic acids is 1. The Hall–Kier alpha value is -1.16. The highest BCUT2D eigenvalue weighted by atomic mass is 32.1. The van der Waals surface area contributed by atoms with Crippen molar-refractivity contribution in [3.05, 3.63) is 29.8 Å². The minimum Gasteiger partial charge on any atom is -0.494 e. The lowest BCUT2D eigenvalue weighted by molar-refractivity contribution is 0.0600. The van der Waals surface area contributed by atoms with Gasteiger partial charge in [-0.1, -0.05) is 12.8 Å². The number of esters is 1. The number of rotatable bonds is 8. The quantitative estimate of drug-likeness (QED) is 0.446. The van der Waals surface area contributed by atoms with Crippen molar-refractivity contribution in [1.82, 2.24) is 0 Å². The second kappa shape index (κ2) is 8.86. The van der Waals surface area contributed by atoms with Crippen LogP contribution >= 0.6 is 12.6 Å². The van der Waals surface area contributed by atoms with Crippen molar-refractivity contribution >= 4 is 18.6 Å². The Labute approximate surface area is 114 Å². The molecule has 0 aliphatic carbocycles. The van der Waals surface area contributed by atoms with Crippen LogP contribution in [0.4, 0.5) is 0 Å². The third-order valence-electron chi connectivity index (χ3n) is 2.60. The van der Waals surface area contributed by atoms with E-state index >= 15 is 0 Å². The van der Waals surface area contributed by atoms with Crippen LogP contribution in [-0.4, -0.2) is 25.4 Å². The van der Waals surface area contributed by atoms with Crippen LogP contribution in [0.1, 0.15) is 36.0 Å². The molecule has 0 saturated carbocycles. The second-order valence-corrected chi connectivity index (χ2v) is 4.45. The zero-order chi connectivity index (χ0) is 13.2. The van der Waals surface area contributed by atoms with E-state index in [1.54, 1.807) is 24.3 Å². The summed E-state index contributed by atoms with van der Waals surface area (Å²) in [5.74, 6) is 1.42. The number of methoxy groups -OCH3 is 1. The Morgan fingerprint density at radius 2 is 1.78 bits per heavy atom. The molecule has 0 radical (unpaired) electrons. The van der Waals surface area contributed by atoms with Crippen LogP contribution in [0.15, 0.2) is 24.3 Å². The van der Waals surface area contributed by atoms with Gasteiger partial charge in [-0.25, -0.2) is 4.79 Å². The van der Waals surface area contributed by atoms with Gasteiger partial charge in [0.1, 0.15) is 5.75 Å². The summed E-state index contributed by atoms with van der Waals surface area (Å²) in [6.07, 6.45) is 4.58. The zero-order valence-electron chi connectivity index (χ0n) is 10.7. The molecule has 100 valence electrons. The van der Waals surface area contributed by atoms with E-state index in [4.69, 9.17) is 4.74 Å². The largest absolute Gasteiger partial charge is 0.494 e. The van der Waals surface area contributed by atoms with E-state index in [1.165, 1.54) is 20.0 Å². The molecule has 0 fully saturated rings. The normalized spacial score (nSPS) is 10.1. The van der Waals surface area contributed by atoms with Gasteiger partial charge in [-0.3, -0.25) is 0 Å². The van der Waals surface area contributed by atoms with Gasteiger partial charge in [0, 0.05) is 0 Å². The first-order chi connectivity index (χ1) is 8.77. The molecule has 0 atom stereocenters. The van der Waals surface area contributed by atoms with Crippen molar-refractivity contribution in [2.24, 2.45) is 0 Å². The van der Waals surface area contributed by atoms with Crippen LogP contribution < -0.4 is 4.74 Å². The van der Waals surface area contributed by atoms with E-state index in [2.05, 4.69) is 17.4 Å². The first kappa shape index (κ1) is 14.9. The van der Waals surface area contributed by atoms with Crippen molar-refractivity contribution in [2.45, 2.75) is 25.7 Å². The van der Waals surface area contributed by atoms with Crippen LogP contribution in [0, 0.1) is 0 Å². The van der Waals surface area contributed by atoms with Gasteiger partial charge < -0.3 is 9.47 Å². The Morgan fingerprint density at radius 1 is 1.11 bits per heavy atom. The Morgan fingerprint density at radius 3 is 2.39 bits per heavy atom. The van der Waals surface area contributed by atoms with Crippen molar-refractivity contribution in [3.63, 3.8) is 0 Å². The van der Waals surface area contributed by atoms with Crippen LogP contribution in [0.2, 0.25) is 0 Å². The summed E-state index contributed by atoms with van der Waals surface area (Å²) < 4.78 is 10.2. The predicted molar refractivity (Wildman–Crippen MR) is 75.6 cm³/mol. The Kier molecular flexibility index (Phi) is 7.34. The van der Waals surface area contributed by atoms with E-state index in [0.717, 1.165) is 24.3 Å². The van der Waals surface area contributed by atoms with Crippen molar-refractivity contribution < 1.29 is 14.3 Å². The number of thiol groups is 1. The molecule has 4 heteroatoms. The molecule has 1 aromatic rings. The van der Waals surface area contributed by atoms with Crippen molar-refractivity contribution in [3.8, 4) is 5.75 Å². The molecule has 0 aromatic heterocycles. The van der Waals surface area contributed by atoms with Crippen LogP contribution in [0.5, 0.6) is 5.75 Å². The number of ether oxygens (including phenoxy) is 2. The van der Waals surface area contributed by atoms with Crippen LogP contribution in [0.25, 0.3) is 0 Å². The monoisotopic (exact) mass is 268 g/mol. The fourth-order valence-electron chi connectivity index (χ4n) is 1.56. The van der Waals surface area contributed by atoms with E-state index in [0.29, 0.717) is 12.2 Å². The predicted octanol–water partition coefficient (Wildman–Crippen LogP) is 3.34. The molecule has 0 aliphatic rings. The van der Waals surface area contributed by atoms with E-state index in [-0.39, 0.29) is 5.97 Å². The first-order valence-electron chi connectivity index (χ1n) is 6.20. The fraction of sp³-hybridized carbons (Fsp3) is 0.500. The lowest BCUT2D eigenvalue weighted by atomic mass is 10.2. The molecule has 0 heterocycles. The number of benzene rings is 1. The summed E-state index contributed by atoms with van der Waals surface area (Å²) in [4.78, 5) is 11.2. The summed E-state index contributed by atoms with van der Waals surface area (Å²) in [7, 11) is 1.37. The smallest absolute Gasteiger partial charge is 0.337 e. The van der Waals surface area contributed by atoms with E-state index in [1.807, 2.05) is 0 Å². The molecule has 0 saturated heterocycles. The SMILES string of the molecule is COC(=O)c1ccc(OCCCCCCS)cc1.